The van der Waals surface area contributed by atoms with Gasteiger partial charge < -0.3 is 5.73 Å². The van der Waals surface area contributed by atoms with Crippen molar-refractivity contribution in [1.82, 2.24) is 0 Å². The lowest BCUT2D eigenvalue weighted by atomic mass is 10.2. The van der Waals surface area contributed by atoms with Crippen molar-refractivity contribution >= 4 is 27.5 Å². The average Bonchev–Trinajstić information content (AvgIpc) is 2.94. The third kappa shape index (κ3) is 2.15. The van der Waals surface area contributed by atoms with Gasteiger partial charge in [-0.15, -0.1) is 0 Å². The topological polar surface area (TPSA) is 38.4 Å². The first-order chi connectivity index (χ1) is 6.66. The van der Waals surface area contributed by atoms with Crippen molar-refractivity contribution in [3.8, 4) is 0 Å². The van der Waals surface area contributed by atoms with Crippen LogP contribution in [0.5, 0.6) is 0 Å². The van der Waals surface area contributed by atoms with Gasteiger partial charge in [0.1, 0.15) is 5.84 Å². The molecule has 2 rings (SSSR count). The van der Waals surface area contributed by atoms with Gasteiger partial charge in [-0.3, -0.25) is 0 Å². The monoisotopic (exact) mass is 252 g/mol. The molecule has 3 heteroatoms. The minimum atomic E-state index is 0.536. The standard InChI is InChI=1S/C11H13BrN2/c1-7-2-5-9(12)6-10(7)14-11(13)8-3-4-8/h2,5-6,8H,3-4H2,1H3,(H2,13,14). The number of nitrogens with zero attached hydrogens (tertiary/aromatic N) is 1. The number of halogens is 1. The first-order valence-electron chi connectivity index (χ1n) is 4.77. The second-order valence-corrected chi connectivity index (χ2v) is 4.66. The van der Waals surface area contributed by atoms with E-state index in [1.807, 2.05) is 25.1 Å². The van der Waals surface area contributed by atoms with E-state index >= 15 is 0 Å². The molecule has 1 aromatic rings. The van der Waals surface area contributed by atoms with E-state index in [-0.39, 0.29) is 0 Å². The Morgan fingerprint density at radius 1 is 1.50 bits per heavy atom. The van der Waals surface area contributed by atoms with Gasteiger partial charge in [-0.25, -0.2) is 4.99 Å². The molecule has 0 aliphatic heterocycles. The SMILES string of the molecule is Cc1ccc(Br)cc1N=C(N)C1CC1. The predicted octanol–water partition coefficient (Wildman–Crippen LogP) is 3.16. The van der Waals surface area contributed by atoms with Crippen LogP contribution in [0.1, 0.15) is 18.4 Å². The lowest BCUT2D eigenvalue weighted by Crippen LogP contribution is -2.13. The van der Waals surface area contributed by atoms with E-state index in [0.29, 0.717) is 5.92 Å². The molecule has 0 amide bonds. The molecule has 1 aliphatic rings. The number of aliphatic imine (C=N–C) groups is 1. The van der Waals surface area contributed by atoms with Crippen LogP contribution in [0.3, 0.4) is 0 Å². The molecule has 1 aliphatic carbocycles. The van der Waals surface area contributed by atoms with Gasteiger partial charge in [0.2, 0.25) is 0 Å². The fourth-order valence-electron chi connectivity index (χ4n) is 1.31. The van der Waals surface area contributed by atoms with Gasteiger partial charge in [0.15, 0.2) is 0 Å². The van der Waals surface area contributed by atoms with Crippen LogP contribution in [-0.4, -0.2) is 5.84 Å². The van der Waals surface area contributed by atoms with Gasteiger partial charge in [-0.1, -0.05) is 22.0 Å². The zero-order valence-electron chi connectivity index (χ0n) is 8.13. The van der Waals surface area contributed by atoms with Crippen LogP contribution in [0.15, 0.2) is 27.7 Å². The van der Waals surface area contributed by atoms with Crippen molar-refractivity contribution in [2.45, 2.75) is 19.8 Å². The molecule has 2 nitrogen and oxygen atoms in total. The quantitative estimate of drug-likeness (QED) is 0.638. The summed E-state index contributed by atoms with van der Waals surface area (Å²) in [5.74, 6) is 1.32. The van der Waals surface area contributed by atoms with Gasteiger partial charge in [0, 0.05) is 10.4 Å². The molecular weight excluding hydrogens is 240 g/mol. The summed E-state index contributed by atoms with van der Waals surface area (Å²) < 4.78 is 1.05. The van der Waals surface area contributed by atoms with Crippen molar-refractivity contribution in [3.63, 3.8) is 0 Å². The normalized spacial score (nSPS) is 17.1. The van der Waals surface area contributed by atoms with E-state index in [9.17, 15) is 0 Å². The predicted molar refractivity (Wildman–Crippen MR) is 62.9 cm³/mol. The molecule has 1 fully saturated rings. The van der Waals surface area contributed by atoms with E-state index in [1.165, 1.54) is 12.8 Å². The summed E-state index contributed by atoms with van der Waals surface area (Å²) in [4.78, 5) is 4.45. The van der Waals surface area contributed by atoms with Gasteiger partial charge in [0.25, 0.3) is 0 Å². The Kier molecular flexibility index (Phi) is 2.59. The molecule has 0 radical (unpaired) electrons. The Bertz CT molecular complexity index is 381. The molecule has 0 bridgehead atoms. The van der Waals surface area contributed by atoms with Gasteiger partial charge >= 0.3 is 0 Å². The highest BCUT2D eigenvalue weighted by Gasteiger charge is 2.25. The van der Waals surface area contributed by atoms with Gasteiger partial charge in [-0.2, -0.15) is 0 Å². The molecule has 0 atom stereocenters. The van der Waals surface area contributed by atoms with Crippen LogP contribution < -0.4 is 5.73 Å². The van der Waals surface area contributed by atoms with Crippen molar-refractivity contribution in [2.24, 2.45) is 16.6 Å². The zero-order valence-corrected chi connectivity index (χ0v) is 9.71. The van der Waals surface area contributed by atoms with Crippen LogP contribution in [-0.2, 0) is 0 Å². The number of aryl methyl sites for hydroxylation is 1. The molecule has 74 valence electrons. The van der Waals surface area contributed by atoms with Crippen LogP contribution in [0.2, 0.25) is 0 Å². The van der Waals surface area contributed by atoms with Crippen LogP contribution in [0.25, 0.3) is 0 Å². The van der Waals surface area contributed by atoms with E-state index < -0.39 is 0 Å². The molecule has 0 aromatic heterocycles. The highest BCUT2D eigenvalue weighted by molar-refractivity contribution is 9.10. The maximum Gasteiger partial charge on any atom is 0.103 e. The van der Waals surface area contributed by atoms with Crippen molar-refractivity contribution in [1.29, 1.82) is 0 Å². The Labute approximate surface area is 92.4 Å². The fraction of sp³-hybridized carbons (Fsp3) is 0.364. The summed E-state index contributed by atoms with van der Waals surface area (Å²) >= 11 is 3.43. The molecule has 1 aromatic carbocycles. The van der Waals surface area contributed by atoms with Crippen LogP contribution >= 0.6 is 15.9 Å². The minimum absolute atomic E-state index is 0.536. The summed E-state index contributed by atoms with van der Waals surface area (Å²) in [7, 11) is 0. The highest BCUT2D eigenvalue weighted by Crippen LogP contribution is 2.31. The van der Waals surface area contributed by atoms with Crippen LogP contribution in [0, 0.1) is 12.8 Å². The zero-order chi connectivity index (χ0) is 10.1. The number of hydrogen-bond acceptors (Lipinski definition) is 1. The Hall–Kier alpha value is -0.830. The van der Waals surface area contributed by atoms with E-state index in [0.717, 1.165) is 21.6 Å². The van der Waals surface area contributed by atoms with Gasteiger partial charge in [-0.05, 0) is 37.5 Å². The lowest BCUT2D eigenvalue weighted by Gasteiger charge is -2.02. The van der Waals surface area contributed by atoms with E-state index in [2.05, 4.69) is 20.9 Å². The van der Waals surface area contributed by atoms with Gasteiger partial charge in [0.05, 0.1) is 5.69 Å². The smallest absolute Gasteiger partial charge is 0.103 e. The van der Waals surface area contributed by atoms with Crippen molar-refractivity contribution < 1.29 is 0 Å². The maximum absolute atomic E-state index is 5.86. The summed E-state index contributed by atoms with van der Waals surface area (Å²) in [5.41, 5.74) is 8.00. The lowest BCUT2D eigenvalue weighted by molar-refractivity contribution is 1.15. The third-order valence-electron chi connectivity index (χ3n) is 2.42. The first kappa shape index (κ1) is 9.71. The summed E-state index contributed by atoms with van der Waals surface area (Å²) in [6, 6.07) is 6.06. The van der Waals surface area contributed by atoms with E-state index in [4.69, 9.17) is 5.73 Å². The Balaban J connectivity index is 2.30. The number of hydrogen-bond donors (Lipinski definition) is 1. The summed E-state index contributed by atoms with van der Waals surface area (Å²) in [6.07, 6.45) is 2.39. The molecule has 0 saturated heterocycles. The molecule has 2 N–H and O–H groups in total. The number of amidine groups is 1. The molecule has 14 heavy (non-hydrogen) atoms. The average molecular weight is 253 g/mol. The molecular formula is C11H13BrN2. The number of nitrogens with two attached hydrogens (primary N) is 1. The van der Waals surface area contributed by atoms with E-state index in [1.54, 1.807) is 0 Å². The highest BCUT2D eigenvalue weighted by atomic mass is 79.9. The first-order valence-corrected chi connectivity index (χ1v) is 5.56. The fourth-order valence-corrected chi connectivity index (χ4v) is 1.66. The second-order valence-electron chi connectivity index (χ2n) is 3.74. The largest absolute Gasteiger partial charge is 0.387 e. The molecule has 1 saturated carbocycles. The number of benzene rings is 1. The molecule has 0 spiro atoms. The second kappa shape index (κ2) is 3.73. The third-order valence-corrected chi connectivity index (χ3v) is 2.91. The minimum Gasteiger partial charge on any atom is -0.387 e. The Morgan fingerprint density at radius 2 is 2.21 bits per heavy atom. The summed E-state index contributed by atoms with van der Waals surface area (Å²) in [5, 5.41) is 0. The Morgan fingerprint density at radius 3 is 2.86 bits per heavy atom. The van der Waals surface area contributed by atoms with Crippen molar-refractivity contribution in [2.75, 3.05) is 0 Å². The van der Waals surface area contributed by atoms with Crippen LogP contribution in [0.4, 0.5) is 5.69 Å². The molecule has 0 heterocycles. The molecule has 0 unspecified atom stereocenters. The maximum atomic E-state index is 5.86. The summed E-state index contributed by atoms with van der Waals surface area (Å²) in [6.45, 7) is 2.05. The van der Waals surface area contributed by atoms with Crippen molar-refractivity contribution in [3.05, 3.63) is 28.2 Å². The number of rotatable bonds is 2.